The molecule has 2 aromatic rings. The van der Waals surface area contributed by atoms with Crippen molar-refractivity contribution in [2.24, 2.45) is 0 Å². The maximum Gasteiger partial charge on any atom is 0.264 e. The number of sulfonamides is 1. The summed E-state index contributed by atoms with van der Waals surface area (Å²) >= 11 is 6.22. The lowest BCUT2D eigenvalue weighted by atomic mass is 10.2. The predicted molar refractivity (Wildman–Crippen MR) is 114 cm³/mol. The summed E-state index contributed by atoms with van der Waals surface area (Å²) in [5.41, 5.74) is 2.11. The summed E-state index contributed by atoms with van der Waals surface area (Å²) in [4.78, 5) is 12.7. The van der Waals surface area contributed by atoms with Crippen LogP contribution in [0.15, 0.2) is 47.4 Å². The van der Waals surface area contributed by atoms with Crippen LogP contribution in [0.5, 0.6) is 0 Å². The van der Waals surface area contributed by atoms with Crippen LogP contribution in [0.3, 0.4) is 0 Å². The number of hydrogen-bond acceptors (Lipinski definition) is 4. The fourth-order valence-corrected chi connectivity index (χ4v) is 4.70. The van der Waals surface area contributed by atoms with Crippen LogP contribution in [-0.2, 0) is 19.6 Å². The lowest BCUT2D eigenvalue weighted by molar-refractivity contribution is -0.120. The first kappa shape index (κ1) is 21.6. The SMILES string of the molecule is Cc1ccc(S(=O)(=O)N(CC(=O)NC[C@@H]2CCCO2)c2ccc(C)c(Cl)c2)cc1. The molecule has 0 aliphatic carbocycles. The minimum Gasteiger partial charge on any atom is -0.376 e. The van der Waals surface area contributed by atoms with Crippen molar-refractivity contribution in [3.8, 4) is 0 Å². The van der Waals surface area contributed by atoms with E-state index in [1.807, 2.05) is 13.8 Å². The Morgan fingerprint density at radius 3 is 2.55 bits per heavy atom. The van der Waals surface area contributed by atoms with Crippen LogP contribution in [0.25, 0.3) is 0 Å². The van der Waals surface area contributed by atoms with Gasteiger partial charge >= 0.3 is 0 Å². The number of benzene rings is 2. The highest BCUT2D eigenvalue weighted by Crippen LogP contribution is 2.28. The van der Waals surface area contributed by atoms with E-state index in [1.165, 1.54) is 12.1 Å². The van der Waals surface area contributed by atoms with E-state index in [9.17, 15) is 13.2 Å². The first-order valence-electron chi connectivity index (χ1n) is 9.51. The Morgan fingerprint density at radius 2 is 1.93 bits per heavy atom. The number of halogens is 1. The average Bonchev–Trinajstić information content (AvgIpc) is 3.21. The van der Waals surface area contributed by atoms with E-state index >= 15 is 0 Å². The Morgan fingerprint density at radius 1 is 1.21 bits per heavy atom. The molecular weight excluding hydrogens is 412 g/mol. The molecule has 156 valence electrons. The Balaban J connectivity index is 1.87. The normalized spacial score (nSPS) is 16.6. The Bertz CT molecular complexity index is 971. The number of ether oxygens (including phenoxy) is 1. The van der Waals surface area contributed by atoms with E-state index in [4.69, 9.17) is 16.3 Å². The minimum absolute atomic E-state index is 0.0186. The van der Waals surface area contributed by atoms with Crippen molar-refractivity contribution in [2.75, 3.05) is 24.0 Å². The molecule has 1 N–H and O–H groups in total. The molecular formula is C21H25ClN2O4S. The number of carbonyl (C=O) groups is 1. The molecule has 1 fully saturated rings. The van der Waals surface area contributed by atoms with Crippen LogP contribution in [-0.4, -0.2) is 40.1 Å². The van der Waals surface area contributed by atoms with Gasteiger partial charge in [0.15, 0.2) is 0 Å². The maximum absolute atomic E-state index is 13.3. The molecule has 29 heavy (non-hydrogen) atoms. The molecule has 0 radical (unpaired) electrons. The first-order chi connectivity index (χ1) is 13.8. The molecule has 1 atom stereocenters. The number of hydrogen-bond donors (Lipinski definition) is 1. The van der Waals surface area contributed by atoms with Crippen molar-refractivity contribution in [3.63, 3.8) is 0 Å². The molecule has 0 bridgehead atoms. The van der Waals surface area contributed by atoms with E-state index in [-0.39, 0.29) is 17.5 Å². The van der Waals surface area contributed by atoms with Crippen LogP contribution in [0.1, 0.15) is 24.0 Å². The number of nitrogens with one attached hydrogen (secondary N) is 1. The van der Waals surface area contributed by atoms with Crippen molar-refractivity contribution < 1.29 is 17.9 Å². The number of rotatable bonds is 7. The Hall–Kier alpha value is -2.09. The maximum atomic E-state index is 13.3. The van der Waals surface area contributed by atoms with Crippen molar-refractivity contribution in [1.29, 1.82) is 0 Å². The summed E-state index contributed by atoms with van der Waals surface area (Å²) in [6.07, 6.45) is 1.84. The van der Waals surface area contributed by atoms with Gasteiger partial charge in [0.25, 0.3) is 10.0 Å². The summed E-state index contributed by atoms with van der Waals surface area (Å²) in [5.74, 6) is -0.395. The summed E-state index contributed by atoms with van der Waals surface area (Å²) in [6, 6.07) is 11.5. The monoisotopic (exact) mass is 436 g/mol. The van der Waals surface area contributed by atoms with Crippen LogP contribution in [0.2, 0.25) is 5.02 Å². The van der Waals surface area contributed by atoms with E-state index < -0.39 is 15.9 Å². The van der Waals surface area contributed by atoms with Gasteiger partial charge in [-0.2, -0.15) is 0 Å². The van der Waals surface area contributed by atoms with Gasteiger partial charge < -0.3 is 10.1 Å². The number of anilines is 1. The lowest BCUT2D eigenvalue weighted by Crippen LogP contribution is -2.42. The molecule has 0 spiro atoms. The zero-order valence-corrected chi connectivity index (χ0v) is 18.1. The van der Waals surface area contributed by atoms with E-state index in [2.05, 4.69) is 5.32 Å². The third kappa shape index (κ3) is 5.29. The van der Waals surface area contributed by atoms with E-state index in [1.54, 1.807) is 30.3 Å². The fraction of sp³-hybridized carbons (Fsp3) is 0.381. The van der Waals surface area contributed by atoms with E-state index in [0.717, 1.165) is 28.3 Å². The standard InChI is InChI=1S/C21H25ClN2O4S/c1-15-5-9-19(10-6-15)29(26,27)24(17-8-7-16(2)20(22)12-17)14-21(25)23-13-18-4-3-11-28-18/h5-10,12,18H,3-4,11,13-14H2,1-2H3,(H,23,25)/t18-/m0/s1. The summed E-state index contributed by atoms with van der Waals surface area (Å²) in [6.45, 7) is 4.43. The highest BCUT2D eigenvalue weighted by molar-refractivity contribution is 7.92. The Labute approximate surface area is 176 Å². The molecule has 1 heterocycles. The third-order valence-corrected chi connectivity index (χ3v) is 7.09. The van der Waals surface area contributed by atoms with Gasteiger partial charge in [-0.05, 0) is 56.5 Å². The quantitative estimate of drug-likeness (QED) is 0.721. The van der Waals surface area contributed by atoms with Crippen LogP contribution in [0.4, 0.5) is 5.69 Å². The number of amides is 1. The molecule has 6 nitrogen and oxygen atoms in total. The molecule has 0 aromatic heterocycles. The van der Waals surface area contributed by atoms with Gasteiger partial charge in [0, 0.05) is 18.2 Å². The molecule has 8 heteroatoms. The largest absolute Gasteiger partial charge is 0.376 e. The fourth-order valence-electron chi connectivity index (χ4n) is 3.11. The molecule has 1 amide bonds. The zero-order valence-electron chi connectivity index (χ0n) is 16.5. The molecule has 1 aliphatic rings. The molecule has 0 unspecified atom stereocenters. The molecule has 3 rings (SSSR count). The number of aryl methyl sites for hydroxylation is 2. The Kier molecular flexibility index (Phi) is 6.82. The number of nitrogens with zero attached hydrogens (tertiary/aromatic N) is 1. The minimum atomic E-state index is -3.95. The molecule has 1 saturated heterocycles. The van der Waals surface area contributed by atoms with Gasteiger partial charge in [-0.1, -0.05) is 35.4 Å². The van der Waals surface area contributed by atoms with Crippen molar-refractivity contribution >= 4 is 33.2 Å². The molecule has 0 saturated carbocycles. The highest BCUT2D eigenvalue weighted by atomic mass is 35.5. The van der Waals surface area contributed by atoms with Crippen LogP contribution in [0, 0.1) is 13.8 Å². The van der Waals surface area contributed by atoms with Crippen molar-refractivity contribution in [2.45, 2.75) is 37.7 Å². The van der Waals surface area contributed by atoms with Crippen LogP contribution < -0.4 is 9.62 Å². The average molecular weight is 437 g/mol. The third-order valence-electron chi connectivity index (χ3n) is 4.89. The molecule has 1 aliphatic heterocycles. The molecule has 2 aromatic carbocycles. The highest BCUT2D eigenvalue weighted by Gasteiger charge is 2.28. The van der Waals surface area contributed by atoms with Gasteiger partial charge in [-0.25, -0.2) is 8.42 Å². The van der Waals surface area contributed by atoms with Gasteiger partial charge in [0.05, 0.1) is 16.7 Å². The second kappa shape index (κ2) is 9.15. The predicted octanol–water partition coefficient (Wildman–Crippen LogP) is 3.45. The zero-order chi connectivity index (χ0) is 21.0. The summed E-state index contributed by atoms with van der Waals surface area (Å²) < 4.78 is 33.2. The van der Waals surface area contributed by atoms with Crippen LogP contribution >= 0.6 is 11.6 Å². The second-order valence-corrected chi connectivity index (χ2v) is 9.47. The first-order valence-corrected chi connectivity index (χ1v) is 11.3. The summed E-state index contributed by atoms with van der Waals surface area (Å²) in [7, 11) is -3.95. The van der Waals surface area contributed by atoms with Crippen molar-refractivity contribution in [3.05, 3.63) is 58.6 Å². The van der Waals surface area contributed by atoms with E-state index in [0.29, 0.717) is 23.9 Å². The van der Waals surface area contributed by atoms with Gasteiger partial charge in [-0.15, -0.1) is 0 Å². The smallest absolute Gasteiger partial charge is 0.264 e. The van der Waals surface area contributed by atoms with Crippen molar-refractivity contribution in [1.82, 2.24) is 5.32 Å². The lowest BCUT2D eigenvalue weighted by Gasteiger charge is -2.25. The summed E-state index contributed by atoms with van der Waals surface area (Å²) in [5, 5.41) is 3.22. The number of carbonyl (C=O) groups excluding carboxylic acids is 1. The topological polar surface area (TPSA) is 75.7 Å². The van der Waals surface area contributed by atoms with Gasteiger partial charge in [0.2, 0.25) is 5.91 Å². The second-order valence-electron chi connectivity index (χ2n) is 7.20. The van der Waals surface area contributed by atoms with Gasteiger partial charge in [0.1, 0.15) is 6.54 Å². The van der Waals surface area contributed by atoms with Gasteiger partial charge in [-0.3, -0.25) is 9.10 Å².